The van der Waals surface area contributed by atoms with Crippen molar-refractivity contribution in [2.45, 2.75) is 59.5 Å². The van der Waals surface area contributed by atoms with Gasteiger partial charge in [-0.15, -0.1) is 0 Å². The van der Waals surface area contributed by atoms with E-state index in [2.05, 4.69) is 74.5 Å². The first kappa shape index (κ1) is 36.5. The minimum atomic E-state index is -0.276. The van der Waals surface area contributed by atoms with Crippen molar-refractivity contribution in [3.63, 3.8) is 0 Å². The number of ether oxygens (including phenoxy) is 1. The van der Waals surface area contributed by atoms with Crippen LogP contribution < -0.4 is 0 Å². The zero-order valence-corrected chi connectivity index (χ0v) is 30.5. The monoisotopic (exact) mass is 687 g/mol. The molecule has 8 atom stereocenters. The Labute approximate surface area is 308 Å². The first-order valence-corrected chi connectivity index (χ1v) is 18.5. The lowest BCUT2D eigenvalue weighted by Gasteiger charge is -2.39. The molecule has 1 unspecified atom stereocenters. The van der Waals surface area contributed by atoms with Crippen molar-refractivity contribution in [2.75, 3.05) is 0 Å². The number of carbonyl (C=O) groups excluding carboxylic acids is 1. The average Bonchev–Trinajstić information content (AvgIpc) is 3.17. The summed E-state index contributed by atoms with van der Waals surface area (Å²) >= 11 is 0. The molecule has 2 saturated carbocycles. The lowest BCUT2D eigenvalue weighted by Crippen LogP contribution is -2.38. The average molecular weight is 688 g/mol. The minimum Gasteiger partial charge on any atom is -0.461 e. The summed E-state index contributed by atoms with van der Waals surface area (Å²) in [7, 11) is 0. The molecule has 6 heteroatoms. The van der Waals surface area contributed by atoms with Gasteiger partial charge in [-0.05, 0) is 91.2 Å². The van der Waals surface area contributed by atoms with Gasteiger partial charge in [0.15, 0.2) is 0 Å². The van der Waals surface area contributed by atoms with Crippen molar-refractivity contribution in [3.05, 3.63) is 126 Å². The van der Waals surface area contributed by atoms with Gasteiger partial charge in [0.25, 0.3) is 0 Å². The number of benzene rings is 2. The number of nitriles is 2. The number of hydrogen-bond acceptors (Lipinski definition) is 6. The number of allylic oxidation sites excluding steroid dienone is 1. The Hall–Kier alpha value is -5.33. The van der Waals surface area contributed by atoms with Gasteiger partial charge in [0.2, 0.25) is 0 Å². The van der Waals surface area contributed by atoms with Crippen LogP contribution in [0.1, 0.15) is 75.9 Å². The van der Waals surface area contributed by atoms with Gasteiger partial charge in [-0.3, -0.25) is 14.8 Å². The van der Waals surface area contributed by atoms with E-state index >= 15 is 0 Å². The number of esters is 1. The van der Waals surface area contributed by atoms with Crippen LogP contribution in [-0.2, 0) is 9.53 Å². The molecule has 52 heavy (non-hydrogen) atoms. The largest absolute Gasteiger partial charge is 0.461 e. The van der Waals surface area contributed by atoms with E-state index in [0.29, 0.717) is 47.1 Å². The molecule has 0 bridgehead atoms. The molecule has 0 saturated heterocycles. The molecule has 2 aliphatic carbocycles. The predicted molar refractivity (Wildman–Crippen MR) is 207 cm³/mol. The fourth-order valence-corrected chi connectivity index (χ4v) is 7.95. The fraction of sp³-hybridized carbons (Fsp3) is 0.348. The Morgan fingerprint density at radius 2 is 1.33 bits per heavy atom. The normalized spacial score (nSPS) is 26.1. The Kier molecular flexibility index (Phi) is 11.8. The van der Waals surface area contributed by atoms with Crippen molar-refractivity contribution in [2.24, 2.45) is 41.4 Å². The molecule has 0 N–H and O–H groups in total. The second-order valence-electron chi connectivity index (χ2n) is 14.9. The van der Waals surface area contributed by atoms with Crippen molar-refractivity contribution in [3.8, 4) is 34.4 Å². The van der Waals surface area contributed by atoms with Crippen molar-refractivity contribution >= 4 is 18.1 Å². The van der Waals surface area contributed by atoms with E-state index in [0.717, 1.165) is 52.9 Å². The summed E-state index contributed by atoms with van der Waals surface area (Å²) in [4.78, 5) is 22.9. The maximum Gasteiger partial charge on any atom is 0.306 e. The molecule has 0 spiro atoms. The maximum atomic E-state index is 13.5. The van der Waals surface area contributed by atoms with Gasteiger partial charge < -0.3 is 4.74 Å². The van der Waals surface area contributed by atoms with Gasteiger partial charge >= 0.3 is 5.97 Å². The first-order chi connectivity index (χ1) is 25.2. The quantitative estimate of drug-likeness (QED) is 0.162. The Bertz CT molecular complexity index is 1980. The molecule has 6 nitrogen and oxygen atoms in total. The van der Waals surface area contributed by atoms with E-state index in [-0.39, 0.29) is 23.9 Å². The summed E-state index contributed by atoms with van der Waals surface area (Å²) in [5.41, 5.74) is 6.56. The van der Waals surface area contributed by atoms with Crippen LogP contribution in [0.4, 0.5) is 0 Å². The van der Waals surface area contributed by atoms with Crippen LogP contribution in [0.15, 0.2) is 97.3 Å². The van der Waals surface area contributed by atoms with Gasteiger partial charge in [0.1, 0.15) is 6.10 Å². The first-order valence-electron chi connectivity index (χ1n) is 18.5. The fourth-order valence-electron chi connectivity index (χ4n) is 7.95. The number of hydrogen-bond donors (Lipinski definition) is 0. The Morgan fingerprint density at radius 1 is 0.750 bits per heavy atom. The van der Waals surface area contributed by atoms with Gasteiger partial charge in [0, 0.05) is 53.4 Å². The summed E-state index contributed by atoms with van der Waals surface area (Å²) in [6.45, 7) is 9.12. The van der Waals surface area contributed by atoms with E-state index in [1.165, 1.54) is 0 Å². The van der Waals surface area contributed by atoms with Crippen LogP contribution >= 0.6 is 0 Å². The smallest absolute Gasteiger partial charge is 0.306 e. The molecule has 2 aromatic heterocycles. The summed E-state index contributed by atoms with van der Waals surface area (Å²) < 4.78 is 6.26. The summed E-state index contributed by atoms with van der Waals surface area (Å²) in [5, 5.41) is 19.0. The lowest BCUT2D eigenvalue weighted by molar-refractivity contribution is -0.153. The molecule has 6 rings (SSSR count). The Morgan fingerprint density at radius 3 is 1.88 bits per heavy atom. The molecule has 0 aliphatic heterocycles. The third-order valence-electron chi connectivity index (χ3n) is 11.5. The Balaban J connectivity index is 1.08. The van der Waals surface area contributed by atoms with Crippen LogP contribution in [0.3, 0.4) is 0 Å². The van der Waals surface area contributed by atoms with Crippen molar-refractivity contribution in [1.29, 1.82) is 10.5 Å². The highest BCUT2D eigenvalue weighted by Crippen LogP contribution is 2.42. The highest BCUT2D eigenvalue weighted by molar-refractivity contribution is 5.72. The van der Waals surface area contributed by atoms with E-state index in [1.54, 1.807) is 0 Å². The number of aromatic nitrogens is 2. The van der Waals surface area contributed by atoms with Crippen LogP contribution in [0.5, 0.6) is 0 Å². The molecule has 2 fully saturated rings. The highest BCUT2D eigenvalue weighted by atomic mass is 16.5. The lowest BCUT2D eigenvalue weighted by atomic mass is 9.68. The summed E-state index contributed by atoms with van der Waals surface area (Å²) in [5.74, 6) is 2.35. The van der Waals surface area contributed by atoms with Gasteiger partial charge in [-0.25, -0.2) is 0 Å². The van der Waals surface area contributed by atoms with E-state index in [9.17, 15) is 15.3 Å². The van der Waals surface area contributed by atoms with Crippen LogP contribution in [0.25, 0.3) is 34.4 Å². The SMILES string of the molecule is C[C@H]1[C@H](/C=C/c2ccc(-c3ccccc3C#N)cn2)[C@@H](OC(=O)CC2C[C@@H](/C=C/c3ccc(-c4ccccc4C#N)cn3)[C@H](C)[C@@H](C)C2)[CH]C[C@@H]1C. The number of nitrogens with zero attached hydrogens (tertiary/aromatic N) is 4. The zero-order valence-electron chi connectivity index (χ0n) is 30.5. The highest BCUT2D eigenvalue weighted by Gasteiger charge is 2.37. The molecular weight excluding hydrogens is 641 g/mol. The van der Waals surface area contributed by atoms with Crippen molar-refractivity contribution in [1.82, 2.24) is 9.97 Å². The number of rotatable bonds is 9. The van der Waals surface area contributed by atoms with E-state index in [4.69, 9.17) is 4.74 Å². The second kappa shape index (κ2) is 16.8. The predicted octanol–water partition coefficient (Wildman–Crippen LogP) is 10.4. The van der Waals surface area contributed by atoms with Gasteiger partial charge in [0.05, 0.1) is 34.7 Å². The maximum absolute atomic E-state index is 13.5. The number of carbonyl (C=O) groups is 1. The molecule has 4 aromatic rings. The molecule has 0 amide bonds. The molecule has 263 valence electrons. The summed E-state index contributed by atoms with van der Waals surface area (Å²) in [6.07, 6.45) is 17.4. The molecular formula is C46H47N4O2. The molecule has 2 aliphatic rings. The van der Waals surface area contributed by atoms with Gasteiger partial charge in [-0.1, -0.05) is 88.4 Å². The van der Waals surface area contributed by atoms with Crippen LogP contribution in [0, 0.1) is 70.5 Å². The standard InChI is InChI=1S/C46H47N4O2/c1-30-13-22-45(42(33(30)4)21-20-41-19-16-39(29-50-41)44-12-8-6-10-37(44)27-48)52-46(51)25-34-23-31(2)32(3)35(24-34)14-17-40-18-15-38(28-49-40)43-11-7-5-9-36(43)26-47/h5-12,14-22,28-35,42,45H,13,23-25H2,1-4H3/b17-14+,21-20+/t30-,31-,32+,33+,34?,35+,42-,45-/m0/s1. The van der Waals surface area contributed by atoms with Crippen LogP contribution in [0.2, 0.25) is 0 Å². The van der Waals surface area contributed by atoms with E-state index in [1.807, 2.05) is 91.3 Å². The van der Waals surface area contributed by atoms with Crippen LogP contribution in [-0.4, -0.2) is 22.0 Å². The minimum absolute atomic E-state index is 0.0572. The third-order valence-corrected chi connectivity index (χ3v) is 11.5. The third kappa shape index (κ3) is 8.58. The van der Waals surface area contributed by atoms with E-state index < -0.39 is 0 Å². The molecule has 2 aromatic carbocycles. The second-order valence-corrected chi connectivity index (χ2v) is 14.9. The molecule has 2 heterocycles. The number of pyridine rings is 2. The topological polar surface area (TPSA) is 99.7 Å². The summed E-state index contributed by atoms with van der Waals surface area (Å²) in [6, 6.07) is 27.6. The van der Waals surface area contributed by atoms with Crippen molar-refractivity contribution < 1.29 is 9.53 Å². The zero-order chi connectivity index (χ0) is 36.6. The van der Waals surface area contributed by atoms with Gasteiger partial charge in [-0.2, -0.15) is 10.5 Å². The molecule has 1 radical (unpaired) electrons.